The molecule has 0 bridgehead atoms. The monoisotopic (exact) mass is 563 g/mol. The van der Waals surface area contributed by atoms with E-state index in [0.29, 0.717) is 24.4 Å². The van der Waals surface area contributed by atoms with Gasteiger partial charge in [-0.3, -0.25) is 29.3 Å². The van der Waals surface area contributed by atoms with E-state index in [1.54, 1.807) is 10.4 Å². The Kier molecular flexibility index (Phi) is 8.29. The molecule has 4 rings (SSSR count). The van der Waals surface area contributed by atoms with Gasteiger partial charge in [-0.2, -0.15) is 0 Å². The zero-order chi connectivity index (χ0) is 29.4. The Morgan fingerprint density at radius 2 is 1.52 bits per heavy atom. The lowest BCUT2D eigenvalue weighted by Crippen LogP contribution is -2.48. The maximum absolute atomic E-state index is 14.3. The molecule has 0 aliphatic carbocycles. The molecule has 2 aliphatic rings. The molecule has 2 aromatic carbocycles. The van der Waals surface area contributed by atoms with E-state index in [9.17, 15) is 41.9 Å². The summed E-state index contributed by atoms with van der Waals surface area (Å²) in [6, 6.07) is 9.49. The minimum Gasteiger partial charge on any atom is -0.342 e. The first-order chi connectivity index (χ1) is 18.9. The van der Waals surface area contributed by atoms with E-state index in [4.69, 9.17) is 0 Å². The number of fused-ring (bicyclic) bond motifs is 1. The number of nitrogens with one attached hydrogen (secondary N) is 1. The van der Waals surface area contributed by atoms with Crippen LogP contribution in [-0.4, -0.2) is 58.3 Å². The first-order valence-corrected chi connectivity index (χ1v) is 12.9. The summed E-state index contributed by atoms with van der Waals surface area (Å²) in [5, 5.41) is 9.54. The highest BCUT2D eigenvalue weighted by atomic mass is 19.2. The molecular formula is C28H29F4N3O5. The lowest BCUT2D eigenvalue weighted by atomic mass is 9.67. The Labute approximate surface area is 227 Å². The molecule has 0 saturated carbocycles. The normalized spacial score (nSPS) is 19.6. The summed E-state index contributed by atoms with van der Waals surface area (Å²) in [6.07, 6.45) is 0.712. The number of benzene rings is 2. The smallest absolute Gasteiger partial charge is 0.264 e. The van der Waals surface area contributed by atoms with Crippen molar-refractivity contribution in [2.24, 2.45) is 17.3 Å². The zero-order valence-corrected chi connectivity index (χ0v) is 22.0. The highest BCUT2D eigenvalue weighted by Gasteiger charge is 2.55. The molecule has 1 saturated heterocycles. The van der Waals surface area contributed by atoms with Gasteiger partial charge >= 0.3 is 0 Å². The number of amides is 4. The van der Waals surface area contributed by atoms with Crippen LogP contribution in [0.25, 0.3) is 0 Å². The molecule has 40 heavy (non-hydrogen) atoms. The molecule has 8 nitrogen and oxygen atoms in total. The van der Waals surface area contributed by atoms with Crippen LogP contribution in [0.4, 0.5) is 17.6 Å². The minimum absolute atomic E-state index is 0.0690. The van der Waals surface area contributed by atoms with Crippen LogP contribution in [0.5, 0.6) is 0 Å². The zero-order valence-electron chi connectivity index (χ0n) is 22.0. The van der Waals surface area contributed by atoms with Gasteiger partial charge in [0.25, 0.3) is 11.8 Å². The molecule has 0 spiro atoms. The Balaban J connectivity index is 1.60. The van der Waals surface area contributed by atoms with Gasteiger partial charge in [-0.05, 0) is 37.2 Å². The third kappa shape index (κ3) is 4.96. The summed E-state index contributed by atoms with van der Waals surface area (Å²) in [4.78, 5) is 54.4. The van der Waals surface area contributed by atoms with E-state index < -0.39 is 70.0 Å². The Morgan fingerprint density at radius 1 is 0.950 bits per heavy atom. The second kappa shape index (κ2) is 11.4. The molecule has 2 unspecified atom stereocenters. The third-order valence-corrected chi connectivity index (χ3v) is 7.75. The van der Waals surface area contributed by atoms with Gasteiger partial charge in [-0.1, -0.05) is 44.2 Å². The molecule has 2 heterocycles. The number of carbonyl (C=O) groups is 4. The van der Waals surface area contributed by atoms with Gasteiger partial charge in [0.15, 0.2) is 23.3 Å². The van der Waals surface area contributed by atoms with Crippen LogP contribution >= 0.6 is 0 Å². The van der Waals surface area contributed by atoms with Gasteiger partial charge in [0.1, 0.15) is 0 Å². The Hall–Kier alpha value is -3.80. The van der Waals surface area contributed by atoms with E-state index in [-0.39, 0.29) is 31.1 Å². The summed E-state index contributed by atoms with van der Waals surface area (Å²) in [7, 11) is 0. The maximum atomic E-state index is 14.3. The molecule has 4 amide bonds. The van der Waals surface area contributed by atoms with Crippen molar-refractivity contribution in [2.75, 3.05) is 19.6 Å². The fourth-order valence-corrected chi connectivity index (χ4v) is 5.96. The van der Waals surface area contributed by atoms with Crippen LogP contribution in [0.3, 0.4) is 0 Å². The molecule has 2 aromatic rings. The van der Waals surface area contributed by atoms with Crippen molar-refractivity contribution in [1.29, 1.82) is 0 Å². The number of imide groups is 1. The molecule has 2 atom stereocenters. The van der Waals surface area contributed by atoms with Crippen LogP contribution in [0.2, 0.25) is 0 Å². The molecule has 0 aromatic heterocycles. The van der Waals surface area contributed by atoms with Crippen LogP contribution < -0.4 is 5.48 Å². The predicted molar refractivity (Wildman–Crippen MR) is 133 cm³/mol. The highest BCUT2D eigenvalue weighted by Crippen LogP contribution is 2.46. The number of hydroxylamine groups is 1. The van der Waals surface area contributed by atoms with Gasteiger partial charge in [0.2, 0.25) is 11.8 Å². The van der Waals surface area contributed by atoms with Crippen molar-refractivity contribution in [2.45, 2.75) is 39.5 Å². The average Bonchev–Trinajstić information content (AvgIpc) is 3.37. The summed E-state index contributed by atoms with van der Waals surface area (Å²) in [5.41, 5.74) is -1.19. The number of likely N-dealkylation sites (tertiary alicyclic amines) is 1. The summed E-state index contributed by atoms with van der Waals surface area (Å²) >= 11 is 0. The number of rotatable bonds is 10. The van der Waals surface area contributed by atoms with Crippen LogP contribution in [0.1, 0.15) is 59.4 Å². The van der Waals surface area contributed by atoms with Crippen LogP contribution in [0.15, 0.2) is 30.3 Å². The first-order valence-electron chi connectivity index (χ1n) is 12.9. The second-order valence-electron chi connectivity index (χ2n) is 10.6. The Bertz CT molecular complexity index is 1310. The molecule has 1 fully saturated rings. The molecular weight excluding hydrogens is 534 g/mol. The number of hydrogen-bond acceptors (Lipinski definition) is 5. The van der Waals surface area contributed by atoms with Gasteiger partial charge in [-0.25, -0.2) is 23.0 Å². The van der Waals surface area contributed by atoms with E-state index in [1.807, 2.05) is 44.2 Å². The predicted octanol–water partition coefficient (Wildman–Crippen LogP) is 3.86. The number of nitrogens with zero attached hydrogens (tertiary/aromatic N) is 2. The average molecular weight is 564 g/mol. The van der Waals surface area contributed by atoms with Gasteiger partial charge < -0.3 is 4.90 Å². The van der Waals surface area contributed by atoms with Crippen molar-refractivity contribution < 1.29 is 41.9 Å². The maximum Gasteiger partial charge on any atom is 0.264 e. The van der Waals surface area contributed by atoms with Crippen molar-refractivity contribution in [3.63, 3.8) is 0 Å². The fraction of sp³-hybridized carbons (Fsp3) is 0.429. The molecule has 2 aliphatic heterocycles. The Morgan fingerprint density at radius 3 is 2.05 bits per heavy atom. The van der Waals surface area contributed by atoms with Crippen molar-refractivity contribution >= 4 is 23.6 Å². The van der Waals surface area contributed by atoms with Gasteiger partial charge in [-0.15, -0.1) is 0 Å². The van der Waals surface area contributed by atoms with E-state index in [2.05, 4.69) is 0 Å². The van der Waals surface area contributed by atoms with Gasteiger partial charge in [0, 0.05) is 19.6 Å². The lowest BCUT2D eigenvalue weighted by molar-refractivity contribution is -0.150. The topological polar surface area (TPSA) is 107 Å². The third-order valence-electron chi connectivity index (χ3n) is 7.75. The van der Waals surface area contributed by atoms with Crippen LogP contribution in [0, 0.1) is 40.5 Å². The number of hydrogen-bond donors (Lipinski definition) is 2. The molecule has 2 N–H and O–H groups in total. The number of carbonyl (C=O) groups excluding carboxylic acids is 4. The summed E-state index contributed by atoms with van der Waals surface area (Å²) in [6.45, 7) is 3.83. The van der Waals surface area contributed by atoms with Crippen molar-refractivity contribution in [3.05, 3.63) is 70.3 Å². The summed E-state index contributed by atoms with van der Waals surface area (Å²) < 4.78 is 56.2. The van der Waals surface area contributed by atoms with Crippen LogP contribution in [-0.2, 0) is 16.0 Å². The second-order valence-corrected chi connectivity index (χ2v) is 10.6. The molecule has 214 valence electrons. The van der Waals surface area contributed by atoms with Crippen molar-refractivity contribution in [1.82, 2.24) is 15.3 Å². The molecule has 0 radical (unpaired) electrons. The summed E-state index contributed by atoms with van der Waals surface area (Å²) in [5.74, 6) is -13.8. The SMILES string of the molecule is CC(C)CC1(C(CCN2C(=O)c3c(F)c(F)c(F)c(F)c3C2=O)C(=O)NO)CCN(CCc2ccccc2)C1=O. The number of halogens is 4. The van der Waals surface area contributed by atoms with E-state index in [1.165, 1.54) is 0 Å². The van der Waals surface area contributed by atoms with Crippen molar-refractivity contribution in [3.8, 4) is 0 Å². The standard InChI is InChI=1S/C28H29F4N3O5/c1-15(2)14-28(10-13-34(27(28)39)11-8-16-6-4-3-5-7-16)17(24(36)33-40)9-12-35-25(37)18-19(26(35)38)21(30)23(32)22(31)20(18)29/h3-7,15,17,40H,8-14H2,1-2H3,(H,33,36). The fourth-order valence-electron chi connectivity index (χ4n) is 5.96. The lowest BCUT2D eigenvalue weighted by Gasteiger charge is -2.36. The minimum atomic E-state index is -2.22. The van der Waals surface area contributed by atoms with Gasteiger partial charge in [0.05, 0.1) is 22.5 Å². The first kappa shape index (κ1) is 29.2. The highest BCUT2D eigenvalue weighted by molar-refractivity contribution is 6.21. The van der Waals surface area contributed by atoms with E-state index in [0.717, 1.165) is 5.56 Å². The van der Waals surface area contributed by atoms with E-state index >= 15 is 0 Å². The molecule has 12 heteroatoms. The quantitative estimate of drug-likeness (QED) is 0.114. The largest absolute Gasteiger partial charge is 0.342 e.